The van der Waals surface area contributed by atoms with Crippen molar-refractivity contribution in [1.82, 2.24) is 9.80 Å². The maximum Gasteiger partial charge on any atom is 0.257 e. The van der Waals surface area contributed by atoms with Gasteiger partial charge in [0, 0.05) is 31.7 Å². The van der Waals surface area contributed by atoms with Crippen molar-refractivity contribution in [3.63, 3.8) is 0 Å². The summed E-state index contributed by atoms with van der Waals surface area (Å²) < 4.78 is 0. The lowest BCUT2D eigenvalue weighted by molar-refractivity contribution is 0.0533. The molecule has 1 N–H and O–H groups in total. The van der Waals surface area contributed by atoms with Crippen molar-refractivity contribution in [2.75, 3.05) is 26.2 Å². The minimum absolute atomic E-state index is 0.00135. The topological polar surface area (TPSA) is 60.9 Å². The van der Waals surface area contributed by atoms with E-state index in [4.69, 9.17) is 0 Å². The van der Waals surface area contributed by atoms with Gasteiger partial charge in [-0.15, -0.1) is 0 Å². The predicted octanol–water partition coefficient (Wildman–Crippen LogP) is 2.61. The number of phenols is 1. The van der Waals surface area contributed by atoms with Crippen LogP contribution in [0.3, 0.4) is 0 Å². The molecule has 0 saturated carbocycles. The molecule has 130 valence electrons. The third kappa shape index (κ3) is 3.65. The average molecular weight is 338 g/mol. The number of amides is 2. The van der Waals surface area contributed by atoms with Crippen LogP contribution in [0, 0.1) is 13.8 Å². The zero-order valence-corrected chi connectivity index (χ0v) is 14.5. The summed E-state index contributed by atoms with van der Waals surface area (Å²) >= 11 is 0. The van der Waals surface area contributed by atoms with Crippen LogP contribution in [0.25, 0.3) is 0 Å². The summed E-state index contributed by atoms with van der Waals surface area (Å²) in [5, 5.41) is 9.84. The molecule has 1 fully saturated rings. The number of carbonyl (C=O) groups is 2. The molecule has 25 heavy (non-hydrogen) atoms. The Morgan fingerprint density at radius 3 is 1.92 bits per heavy atom. The normalized spacial score (nSPS) is 14.5. The summed E-state index contributed by atoms with van der Waals surface area (Å²) in [5.74, 6) is -0.209. The van der Waals surface area contributed by atoms with Crippen molar-refractivity contribution in [1.29, 1.82) is 0 Å². The van der Waals surface area contributed by atoms with Gasteiger partial charge in [0.2, 0.25) is 0 Å². The summed E-state index contributed by atoms with van der Waals surface area (Å²) in [4.78, 5) is 28.7. The average Bonchev–Trinajstić information content (AvgIpc) is 2.60. The molecule has 1 heterocycles. The van der Waals surface area contributed by atoms with E-state index in [2.05, 4.69) is 0 Å². The molecular weight excluding hydrogens is 316 g/mol. The fourth-order valence-corrected chi connectivity index (χ4v) is 3.22. The van der Waals surface area contributed by atoms with Gasteiger partial charge in [0.25, 0.3) is 11.8 Å². The van der Waals surface area contributed by atoms with Crippen molar-refractivity contribution in [3.8, 4) is 5.75 Å². The van der Waals surface area contributed by atoms with Crippen molar-refractivity contribution < 1.29 is 14.7 Å². The van der Waals surface area contributed by atoms with Crippen LogP contribution >= 0.6 is 0 Å². The molecule has 0 unspecified atom stereocenters. The Morgan fingerprint density at radius 2 is 1.36 bits per heavy atom. The van der Waals surface area contributed by atoms with Gasteiger partial charge in [0.15, 0.2) is 0 Å². The molecule has 0 aliphatic carbocycles. The Bertz CT molecular complexity index is 788. The maximum absolute atomic E-state index is 12.7. The SMILES string of the molecule is Cc1cc(C)cc(C(=O)N2CCN(C(=O)c3ccccc3O)CC2)c1. The molecule has 3 rings (SSSR count). The number of benzene rings is 2. The molecule has 2 aromatic rings. The summed E-state index contributed by atoms with van der Waals surface area (Å²) in [7, 11) is 0. The van der Waals surface area contributed by atoms with Crippen LogP contribution in [0.15, 0.2) is 42.5 Å². The Hall–Kier alpha value is -2.82. The van der Waals surface area contributed by atoms with Crippen molar-refractivity contribution in [3.05, 3.63) is 64.7 Å². The predicted molar refractivity (Wildman–Crippen MR) is 95.8 cm³/mol. The lowest BCUT2D eigenvalue weighted by Crippen LogP contribution is -2.50. The zero-order valence-electron chi connectivity index (χ0n) is 14.5. The second kappa shape index (κ2) is 6.97. The minimum Gasteiger partial charge on any atom is -0.507 e. The fourth-order valence-electron chi connectivity index (χ4n) is 3.22. The molecule has 2 amide bonds. The van der Waals surface area contributed by atoms with E-state index in [0.717, 1.165) is 11.1 Å². The quantitative estimate of drug-likeness (QED) is 0.916. The molecule has 2 aromatic carbocycles. The van der Waals surface area contributed by atoms with Gasteiger partial charge in [-0.2, -0.15) is 0 Å². The first-order chi connectivity index (χ1) is 12.0. The number of hydrogen-bond acceptors (Lipinski definition) is 3. The standard InChI is InChI=1S/C20H22N2O3/c1-14-11-15(2)13-16(12-14)19(24)21-7-9-22(10-8-21)20(25)17-5-3-4-6-18(17)23/h3-6,11-13,23H,7-10H2,1-2H3. The maximum atomic E-state index is 12.7. The van der Waals surface area contributed by atoms with Crippen molar-refractivity contribution >= 4 is 11.8 Å². The first-order valence-corrected chi connectivity index (χ1v) is 8.40. The summed E-state index contributed by atoms with van der Waals surface area (Å²) in [5.41, 5.74) is 3.13. The van der Waals surface area contributed by atoms with Crippen molar-refractivity contribution in [2.45, 2.75) is 13.8 Å². The first-order valence-electron chi connectivity index (χ1n) is 8.40. The minimum atomic E-state index is -0.198. The van der Waals surface area contributed by atoms with E-state index in [9.17, 15) is 14.7 Å². The lowest BCUT2D eigenvalue weighted by Gasteiger charge is -2.35. The van der Waals surface area contributed by atoms with E-state index in [1.807, 2.05) is 32.0 Å². The number of phenolic OH excluding ortho intramolecular Hbond substituents is 1. The highest BCUT2D eigenvalue weighted by Crippen LogP contribution is 2.19. The highest BCUT2D eigenvalue weighted by atomic mass is 16.3. The van der Waals surface area contributed by atoms with Gasteiger partial charge < -0.3 is 14.9 Å². The summed E-state index contributed by atoms with van der Waals surface area (Å²) in [6.07, 6.45) is 0. The fraction of sp³-hybridized carbons (Fsp3) is 0.300. The van der Waals surface area contributed by atoms with Gasteiger partial charge in [0.1, 0.15) is 5.75 Å². The molecule has 0 aromatic heterocycles. The lowest BCUT2D eigenvalue weighted by atomic mass is 10.1. The number of carbonyl (C=O) groups excluding carboxylic acids is 2. The van der Waals surface area contributed by atoms with E-state index in [-0.39, 0.29) is 17.6 Å². The number of aromatic hydroxyl groups is 1. The highest BCUT2D eigenvalue weighted by molar-refractivity contribution is 5.97. The van der Waals surface area contributed by atoms with Gasteiger partial charge in [-0.05, 0) is 38.1 Å². The molecule has 5 nitrogen and oxygen atoms in total. The molecule has 1 saturated heterocycles. The summed E-state index contributed by atoms with van der Waals surface area (Å²) in [6.45, 7) is 5.86. The smallest absolute Gasteiger partial charge is 0.257 e. The largest absolute Gasteiger partial charge is 0.507 e. The molecule has 0 atom stereocenters. The number of aryl methyl sites for hydroxylation is 2. The molecule has 0 spiro atoms. The number of hydrogen-bond donors (Lipinski definition) is 1. The van der Waals surface area contributed by atoms with E-state index < -0.39 is 0 Å². The van der Waals surface area contributed by atoms with Crippen LogP contribution in [0.4, 0.5) is 0 Å². The highest BCUT2D eigenvalue weighted by Gasteiger charge is 2.26. The molecule has 5 heteroatoms. The van der Waals surface area contributed by atoms with Crippen LogP contribution in [-0.4, -0.2) is 52.9 Å². The van der Waals surface area contributed by atoms with E-state index >= 15 is 0 Å². The third-order valence-corrected chi connectivity index (χ3v) is 4.46. The molecular formula is C20H22N2O3. The van der Waals surface area contributed by atoms with Crippen LogP contribution in [0.1, 0.15) is 31.8 Å². The second-order valence-corrected chi connectivity index (χ2v) is 6.48. The van der Waals surface area contributed by atoms with E-state index in [1.165, 1.54) is 6.07 Å². The van der Waals surface area contributed by atoms with E-state index in [1.54, 1.807) is 28.0 Å². The number of piperazine rings is 1. The molecule has 0 bridgehead atoms. The summed E-state index contributed by atoms with van der Waals surface area (Å²) in [6, 6.07) is 12.4. The van der Waals surface area contributed by atoms with Crippen LogP contribution in [0.2, 0.25) is 0 Å². The van der Waals surface area contributed by atoms with Crippen LogP contribution in [-0.2, 0) is 0 Å². The van der Waals surface area contributed by atoms with Gasteiger partial charge >= 0.3 is 0 Å². The van der Waals surface area contributed by atoms with Gasteiger partial charge in [-0.1, -0.05) is 29.3 Å². The number of rotatable bonds is 2. The zero-order chi connectivity index (χ0) is 18.0. The number of para-hydroxylation sites is 1. The third-order valence-electron chi connectivity index (χ3n) is 4.46. The molecule has 0 radical (unpaired) electrons. The second-order valence-electron chi connectivity index (χ2n) is 6.48. The van der Waals surface area contributed by atoms with Gasteiger partial charge in [-0.25, -0.2) is 0 Å². The van der Waals surface area contributed by atoms with Crippen LogP contribution in [0.5, 0.6) is 5.75 Å². The Kier molecular flexibility index (Phi) is 4.74. The monoisotopic (exact) mass is 338 g/mol. The van der Waals surface area contributed by atoms with Gasteiger partial charge in [0.05, 0.1) is 5.56 Å². The molecule has 1 aliphatic heterocycles. The Labute approximate surface area is 147 Å². The molecule has 1 aliphatic rings. The first kappa shape index (κ1) is 17.0. The van der Waals surface area contributed by atoms with Crippen molar-refractivity contribution in [2.24, 2.45) is 0 Å². The van der Waals surface area contributed by atoms with E-state index in [0.29, 0.717) is 37.3 Å². The van der Waals surface area contributed by atoms with Crippen LogP contribution < -0.4 is 0 Å². The Morgan fingerprint density at radius 1 is 0.840 bits per heavy atom. The van der Waals surface area contributed by atoms with Gasteiger partial charge in [-0.3, -0.25) is 9.59 Å². The number of nitrogens with zero attached hydrogens (tertiary/aromatic N) is 2. The Balaban J connectivity index is 1.66.